The van der Waals surface area contributed by atoms with Crippen molar-refractivity contribution in [3.63, 3.8) is 0 Å². The van der Waals surface area contributed by atoms with E-state index in [1.165, 1.54) is 11.3 Å². The average Bonchev–Trinajstić information content (AvgIpc) is 2.97. The molecule has 1 heterocycles. The van der Waals surface area contributed by atoms with Crippen molar-refractivity contribution in [3.8, 4) is 6.07 Å². The summed E-state index contributed by atoms with van der Waals surface area (Å²) in [5, 5.41) is 12.3. The Balaban J connectivity index is 1.70. The van der Waals surface area contributed by atoms with E-state index >= 15 is 0 Å². The van der Waals surface area contributed by atoms with Crippen molar-refractivity contribution >= 4 is 33.6 Å². The van der Waals surface area contributed by atoms with Gasteiger partial charge in [0.05, 0.1) is 16.9 Å². The molecule has 1 amide bonds. The molecule has 0 radical (unpaired) electrons. The number of amides is 1. The van der Waals surface area contributed by atoms with Crippen molar-refractivity contribution in [1.82, 2.24) is 0 Å². The SMILES string of the molecule is N#Cc1cc(Cc2ccc(C(=O)Nc3ccccc3N)cc2)sc1N. The molecule has 0 spiro atoms. The molecule has 0 saturated carbocycles. The van der Waals surface area contributed by atoms with Crippen molar-refractivity contribution in [2.45, 2.75) is 6.42 Å². The van der Waals surface area contributed by atoms with Crippen LogP contribution in [0.1, 0.15) is 26.4 Å². The number of para-hydroxylation sites is 2. The normalized spacial score (nSPS) is 10.2. The van der Waals surface area contributed by atoms with Gasteiger partial charge in [0.1, 0.15) is 11.1 Å². The van der Waals surface area contributed by atoms with Crippen LogP contribution in [0.15, 0.2) is 54.6 Å². The van der Waals surface area contributed by atoms with E-state index in [9.17, 15) is 4.79 Å². The first-order valence-corrected chi connectivity index (χ1v) is 8.41. The molecule has 0 saturated heterocycles. The number of nitrogen functional groups attached to an aromatic ring is 2. The molecule has 0 aliphatic carbocycles. The Labute approximate surface area is 149 Å². The molecule has 124 valence electrons. The molecule has 0 aliphatic rings. The maximum atomic E-state index is 12.3. The molecule has 0 fully saturated rings. The van der Waals surface area contributed by atoms with E-state index in [2.05, 4.69) is 11.4 Å². The lowest BCUT2D eigenvalue weighted by atomic mass is 10.1. The first-order chi connectivity index (χ1) is 12.1. The molecule has 5 N–H and O–H groups in total. The number of hydrogen-bond acceptors (Lipinski definition) is 5. The van der Waals surface area contributed by atoms with Gasteiger partial charge in [-0.25, -0.2) is 0 Å². The zero-order valence-electron chi connectivity index (χ0n) is 13.3. The van der Waals surface area contributed by atoms with E-state index in [1.54, 1.807) is 30.3 Å². The Kier molecular flexibility index (Phi) is 4.68. The van der Waals surface area contributed by atoms with Gasteiger partial charge in [0.15, 0.2) is 0 Å². The van der Waals surface area contributed by atoms with Crippen LogP contribution in [0.3, 0.4) is 0 Å². The highest BCUT2D eigenvalue weighted by molar-refractivity contribution is 7.16. The van der Waals surface area contributed by atoms with Crippen LogP contribution in [-0.4, -0.2) is 5.91 Å². The lowest BCUT2D eigenvalue weighted by molar-refractivity contribution is 0.102. The third-order valence-corrected chi connectivity index (χ3v) is 4.70. The molecule has 3 rings (SSSR count). The largest absolute Gasteiger partial charge is 0.397 e. The summed E-state index contributed by atoms with van der Waals surface area (Å²) >= 11 is 1.41. The number of rotatable bonds is 4. The third-order valence-electron chi connectivity index (χ3n) is 3.74. The van der Waals surface area contributed by atoms with Crippen molar-refractivity contribution in [1.29, 1.82) is 5.26 Å². The Hall–Kier alpha value is -3.30. The molecule has 0 aliphatic heterocycles. The first-order valence-electron chi connectivity index (χ1n) is 7.60. The summed E-state index contributed by atoms with van der Waals surface area (Å²) in [5.74, 6) is -0.211. The Bertz CT molecular complexity index is 954. The number of nitrogens with two attached hydrogens (primary N) is 2. The van der Waals surface area contributed by atoms with Gasteiger partial charge in [-0.1, -0.05) is 24.3 Å². The number of anilines is 3. The molecule has 0 unspecified atom stereocenters. The number of nitrogens with zero attached hydrogens (tertiary/aromatic N) is 1. The smallest absolute Gasteiger partial charge is 0.255 e. The monoisotopic (exact) mass is 348 g/mol. The summed E-state index contributed by atoms with van der Waals surface area (Å²) in [6.07, 6.45) is 0.671. The molecule has 5 nitrogen and oxygen atoms in total. The predicted molar refractivity (Wildman–Crippen MR) is 102 cm³/mol. The van der Waals surface area contributed by atoms with E-state index in [1.807, 2.05) is 24.3 Å². The van der Waals surface area contributed by atoms with Crippen LogP contribution in [-0.2, 0) is 6.42 Å². The second kappa shape index (κ2) is 7.07. The van der Waals surface area contributed by atoms with Crippen molar-refractivity contribution in [2.24, 2.45) is 0 Å². The van der Waals surface area contributed by atoms with Crippen LogP contribution >= 0.6 is 11.3 Å². The number of benzene rings is 2. The van der Waals surface area contributed by atoms with Crippen LogP contribution < -0.4 is 16.8 Å². The van der Waals surface area contributed by atoms with Crippen molar-refractivity contribution in [2.75, 3.05) is 16.8 Å². The Morgan fingerprint density at radius 2 is 1.84 bits per heavy atom. The number of hydrogen-bond donors (Lipinski definition) is 3. The second-order valence-corrected chi connectivity index (χ2v) is 6.69. The van der Waals surface area contributed by atoms with Gasteiger partial charge in [0, 0.05) is 16.9 Å². The lowest BCUT2D eigenvalue weighted by Gasteiger charge is -2.08. The maximum Gasteiger partial charge on any atom is 0.255 e. The number of thiophene rings is 1. The molecule has 0 atom stereocenters. The molecule has 0 bridgehead atoms. The quantitative estimate of drug-likeness (QED) is 0.626. The highest BCUT2D eigenvalue weighted by Crippen LogP contribution is 2.26. The van der Waals surface area contributed by atoms with Crippen LogP contribution in [0.2, 0.25) is 0 Å². The van der Waals surface area contributed by atoms with Crippen LogP contribution in [0, 0.1) is 11.3 Å². The zero-order chi connectivity index (χ0) is 17.8. The van der Waals surface area contributed by atoms with E-state index in [0.717, 1.165) is 10.4 Å². The average molecular weight is 348 g/mol. The molecule has 2 aromatic carbocycles. The fourth-order valence-corrected chi connectivity index (χ4v) is 3.33. The zero-order valence-corrected chi connectivity index (χ0v) is 14.1. The summed E-state index contributed by atoms with van der Waals surface area (Å²) in [6, 6.07) is 18.3. The third kappa shape index (κ3) is 3.79. The van der Waals surface area contributed by atoms with Gasteiger partial charge in [0.25, 0.3) is 5.91 Å². The maximum absolute atomic E-state index is 12.3. The number of carbonyl (C=O) groups is 1. The highest BCUT2D eigenvalue weighted by Gasteiger charge is 2.09. The Morgan fingerprint density at radius 1 is 1.12 bits per heavy atom. The van der Waals surface area contributed by atoms with Gasteiger partial charge < -0.3 is 16.8 Å². The fourth-order valence-electron chi connectivity index (χ4n) is 2.41. The van der Waals surface area contributed by atoms with Crippen LogP contribution in [0.5, 0.6) is 0 Å². The molecule has 6 heteroatoms. The number of nitrogens with one attached hydrogen (secondary N) is 1. The minimum atomic E-state index is -0.211. The summed E-state index contributed by atoms with van der Waals surface area (Å²) in [5.41, 5.74) is 14.8. The van der Waals surface area contributed by atoms with Gasteiger partial charge in [-0.05, 0) is 35.9 Å². The number of carbonyl (C=O) groups excluding carboxylic acids is 1. The predicted octanol–water partition coefficient (Wildman–Crippen LogP) is 3.63. The summed E-state index contributed by atoms with van der Waals surface area (Å²) in [4.78, 5) is 13.3. The number of nitriles is 1. The summed E-state index contributed by atoms with van der Waals surface area (Å²) < 4.78 is 0. The fraction of sp³-hybridized carbons (Fsp3) is 0.0526. The van der Waals surface area contributed by atoms with Crippen molar-refractivity contribution in [3.05, 3.63) is 76.2 Å². The molecule has 3 aromatic rings. The minimum absolute atomic E-state index is 0.211. The summed E-state index contributed by atoms with van der Waals surface area (Å²) in [7, 11) is 0. The van der Waals surface area contributed by atoms with Crippen molar-refractivity contribution < 1.29 is 4.79 Å². The molecule has 1 aromatic heterocycles. The molecular formula is C19H16N4OS. The standard InChI is InChI=1S/C19H16N4OS/c20-11-14-10-15(25-18(14)22)9-12-5-7-13(8-6-12)19(24)23-17-4-2-1-3-16(17)21/h1-8,10H,9,21-22H2,(H,23,24). The Morgan fingerprint density at radius 3 is 2.48 bits per heavy atom. The lowest BCUT2D eigenvalue weighted by Crippen LogP contribution is -2.13. The van der Waals surface area contributed by atoms with Gasteiger partial charge in [-0.15, -0.1) is 11.3 Å². The van der Waals surface area contributed by atoms with Gasteiger partial charge in [-0.3, -0.25) is 4.79 Å². The van der Waals surface area contributed by atoms with Gasteiger partial charge >= 0.3 is 0 Å². The topological polar surface area (TPSA) is 105 Å². The molecule has 25 heavy (non-hydrogen) atoms. The highest BCUT2D eigenvalue weighted by atomic mass is 32.1. The second-order valence-electron chi connectivity index (χ2n) is 5.52. The van der Waals surface area contributed by atoms with Crippen LogP contribution in [0.25, 0.3) is 0 Å². The summed E-state index contributed by atoms with van der Waals surface area (Å²) in [6.45, 7) is 0. The van der Waals surface area contributed by atoms with Gasteiger partial charge in [0.2, 0.25) is 0 Å². The van der Waals surface area contributed by atoms with E-state index < -0.39 is 0 Å². The van der Waals surface area contributed by atoms with E-state index in [4.69, 9.17) is 16.7 Å². The van der Waals surface area contributed by atoms with E-state index in [0.29, 0.717) is 33.9 Å². The minimum Gasteiger partial charge on any atom is -0.397 e. The van der Waals surface area contributed by atoms with E-state index in [-0.39, 0.29) is 5.91 Å². The van der Waals surface area contributed by atoms with Crippen LogP contribution in [0.4, 0.5) is 16.4 Å². The molecular weight excluding hydrogens is 332 g/mol. The van der Waals surface area contributed by atoms with Gasteiger partial charge in [-0.2, -0.15) is 5.26 Å². The first kappa shape index (κ1) is 16.6.